The summed E-state index contributed by atoms with van der Waals surface area (Å²) in [4.78, 5) is 11.3. The fraction of sp³-hybridized carbons (Fsp3) is 0.188. The Bertz CT molecular complexity index is 788. The van der Waals surface area contributed by atoms with Crippen LogP contribution in [0.2, 0.25) is 0 Å². The highest BCUT2D eigenvalue weighted by Gasteiger charge is 2.15. The Balaban J connectivity index is 2.01. The molecule has 5 nitrogen and oxygen atoms in total. The van der Waals surface area contributed by atoms with Crippen LogP contribution in [0.15, 0.2) is 53.4 Å². The molecule has 0 bridgehead atoms. The van der Waals surface area contributed by atoms with E-state index in [1.807, 2.05) is 0 Å². The molecule has 0 heterocycles. The van der Waals surface area contributed by atoms with Gasteiger partial charge in [0, 0.05) is 6.54 Å². The first-order valence-electron chi connectivity index (χ1n) is 6.85. The number of hydrogen-bond acceptors (Lipinski definition) is 4. The third-order valence-corrected chi connectivity index (χ3v) is 4.71. The van der Waals surface area contributed by atoms with Gasteiger partial charge in [-0.15, -0.1) is 0 Å². The monoisotopic (exact) mass is 337 g/mol. The maximum absolute atomic E-state index is 13.5. The van der Waals surface area contributed by atoms with Gasteiger partial charge in [0.15, 0.2) is 0 Å². The van der Waals surface area contributed by atoms with Crippen molar-refractivity contribution in [2.75, 3.05) is 13.7 Å². The summed E-state index contributed by atoms with van der Waals surface area (Å²) in [7, 11) is -2.47. The summed E-state index contributed by atoms with van der Waals surface area (Å²) in [6.45, 7) is 0.0714. The Morgan fingerprint density at radius 2 is 1.78 bits per heavy atom. The minimum absolute atomic E-state index is 0.0266. The Labute approximate surface area is 134 Å². The van der Waals surface area contributed by atoms with Crippen LogP contribution in [0.3, 0.4) is 0 Å². The lowest BCUT2D eigenvalue weighted by molar-refractivity contribution is 0.0600. The normalized spacial score (nSPS) is 11.2. The van der Waals surface area contributed by atoms with E-state index in [1.54, 1.807) is 18.2 Å². The molecule has 0 unspecified atom stereocenters. The molecule has 0 aliphatic carbocycles. The van der Waals surface area contributed by atoms with Crippen molar-refractivity contribution >= 4 is 16.0 Å². The number of sulfonamides is 1. The van der Waals surface area contributed by atoms with Crippen molar-refractivity contribution < 1.29 is 22.3 Å². The molecule has 0 spiro atoms. The summed E-state index contributed by atoms with van der Waals surface area (Å²) in [5, 5.41) is 0. The van der Waals surface area contributed by atoms with Crippen molar-refractivity contribution in [2.45, 2.75) is 11.3 Å². The molecule has 2 aromatic carbocycles. The zero-order valence-corrected chi connectivity index (χ0v) is 13.3. The number of methoxy groups -OCH3 is 1. The van der Waals surface area contributed by atoms with Crippen LogP contribution >= 0.6 is 0 Å². The lowest BCUT2D eigenvalue weighted by atomic mass is 10.1. The molecule has 0 radical (unpaired) electrons. The quantitative estimate of drug-likeness (QED) is 0.820. The second-order valence-corrected chi connectivity index (χ2v) is 6.52. The van der Waals surface area contributed by atoms with Gasteiger partial charge in [-0.25, -0.2) is 22.3 Å². The molecule has 0 aliphatic rings. The summed E-state index contributed by atoms with van der Waals surface area (Å²) < 4.78 is 44.7. The average Bonchev–Trinajstić information content (AvgIpc) is 2.56. The minimum atomic E-state index is -3.72. The topological polar surface area (TPSA) is 72.5 Å². The Morgan fingerprint density at radius 3 is 2.39 bits per heavy atom. The largest absolute Gasteiger partial charge is 0.465 e. The van der Waals surface area contributed by atoms with Crippen LogP contribution in [-0.4, -0.2) is 28.0 Å². The standard InChI is InChI=1S/C16H16FNO4S/c1-22-16(19)13-6-8-14(9-7-13)23(20,21)18-11-10-12-4-2-3-5-15(12)17/h2-9,18H,10-11H2,1H3. The fourth-order valence-corrected chi connectivity index (χ4v) is 3.02. The van der Waals surface area contributed by atoms with Crippen molar-refractivity contribution in [3.8, 4) is 0 Å². The van der Waals surface area contributed by atoms with Crippen molar-refractivity contribution in [2.24, 2.45) is 0 Å². The van der Waals surface area contributed by atoms with Gasteiger partial charge in [-0.2, -0.15) is 0 Å². The Morgan fingerprint density at radius 1 is 1.13 bits per heavy atom. The van der Waals surface area contributed by atoms with Gasteiger partial charge in [-0.3, -0.25) is 0 Å². The van der Waals surface area contributed by atoms with Crippen LogP contribution < -0.4 is 4.72 Å². The number of carbonyl (C=O) groups excluding carboxylic acids is 1. The highest BCUT2D eigenvalue weighted by Crippen LogP contribution is 2.12. The molecular formula is C16H16FNO4S. The van der Waals surface area contributed by atoms with Gasteiger partial charge in [0.2, 0.25) is 10.0 Å². The average molecular weight is 337 g/mol. The molecule has 0 amide bonds. The van der Waals surface area contributed by atoms with Crippen LogP contribution in [0.1, 0.15) is 15.9 Å². The molecule has 2 rings (SSSR count). The van der Waals surface area contributed by atoms with Crippen LogP contribution in [0, 0.1) is 5.82 Å². The first-order valence-corrected chi connectivity index (χ1v) is 8.34. The summed E-state index contributed by atoms with van der Waals surface area (Å²) in [5.41, 5.74) is 0.703. The fourth-order valence-electron chi connectivity index (χ4n) is 1.99. The predicted octanol–water partition coefficient (Wildman–Crippen LogP) is 2.13. The zero-order valence-electron chi connectivity index (χ0n) is 12.5. The maximum Gasteiger partial charge on any atom is 0.337 e. The summed E-state index contributed by atoms with van der Waals surface area (Å²) in [5.74, 6) is -0.907. The molecule has 2 aromatic rings. The number of halogens is 1. The summed E-state index contributed by atoms with van der Waals surface area (Å²) in [6, 6.07) is 11.6. The third kappa shape index (κ3) is 4.37. The second-order valence-electron chi connectivity index (χ2n) is 4.76. The molecule has 1 N–H and O–H groups in total. The number of hydrogen-bond donors (Lipinski definition) is 1. The van der Waals surface area contributed by atoms with E-state index >= 15 is 0 Å². The molecule has 122 valence electrons. The van der Waals surface area contributed by atoms with E-state index in [9.17, 15) is 17.6 Å². The summed E-state index contributed by atoms with van der Waals surface area (Å²) in [6.07, 6.45) is 0.242. The number of rotatable bonds is 6. The van der Waals surface area contributed by atoms with Crippen LogP contribution in [0.25, 0.3) is 0 Å². The lowest BCUT2D eigenvalue weighted by Gasteiger charge is -2.08. The van der Waals surface area contributed by atoms with E-state index in [0.717, 1.165) is 0 Å². The van der Waals surface area contributed by atoms with Crippen molar-refractivity contribution in [1.82, 2.24) is 4.72 Å². The van der Waals surface area contributed by atoms with E-state index in [-0.39, 0.29) is 29.2 Å². The van der Waals surface area contributed by atoms with Gasteiger partial charge in [0.25, 0.3) is 0 Å². The number of nitrogens with one attached hydrogen (secondary N) is 1. The first kappa shape index (κ1) is 17.1. The van der Waals surface area contributed by atoms with Crippen molar-refractivity contribution in [3.05, 3.63) is 65.5 Å². The molecule has 0 saturated carbocycles. The molecule has 7 heteroatoms. The number of benzene rings is 2. The first-order chi connectivity index (χ1) is 10.9. The van der Waals surface area contributed by atoms with Gasteiger partial charge < -0.3 is 4.74 Å². The van der Waals surface area contributed by atoms with E-state index in [4.69, 9.17) is 0 Å². The lowest BCUT2D eigenvalue weighted by Crippen LogP contribution is -2.26. The molecule has 0 aromatic heterocycles. The molecule has 0 saturated heterocycles. The Hall–Kier alpha value is -2.25. The van der Waals surface area contributed by atoms with E-state index in [2.05, 4.69) is 9.46 Å². The number of esters is 1. The molecule has 0 fully saturated rings. The third-order valence-electron chi connectivity index (χ3n) is 3.23. The second kappa shape index (κ2) is 7.34. The molecular weight excluding hydrogens is 321 g/mol. The zero-order chi connectivity index (χ0) is 16.9. The minimum Gasteiger partial charge on any atom is -0.465 e. The van der Waals surface area contributed by atoms with Crippen LogP contribution in [-0.2, 0) is 21.2 Å². The molecule has 23 heavy (non-hydrogen) atoms. The highest BCUT2D eigenvalue weighted by atomic mass is 32.2. The number of carbonyl (C=O) groups is 1. The highest BCUT2D eigenvalue weighted by molar-refractivity contribution is 7.89. The van der Waals surface area contributed by atoms with Crippen LogP contribution in [0.4, 0.5) is 4.39 Å². The van der Waals surface area contributed by atoms with Gasteiger partial charge in [-0.05, 0) is 42.3 Å². The Kier molecular flexibility index (Phi) is 5.46. The SMILES string of the molecule is COC(=O)c1ccc(S(=O)(=O)NCCc2ccccc2F)cc1. The maximum atomic E-state index is 13.5. The van der Waals surface area contributed by atoms with Crippen molar-refractivity contribution in [1.29, 1.82) is 0 Å². The van der Waals surface area contributed by atoms with Crippen molar-refractivity contribution in [3.63, 3.8) is 0 Å². The van der Waals surface area contributed by atoms with E-state index in [1.165, 1.54) is 37.4 Å². The van der Waals surface area contributed by atoms with Gasteiger partial charge in [-0.1, -0.05) is 18.2 Å². The molecule has 0 aliphatic heterocycles. The van der Waals surface area contributed by atoms with E-state index < -0.39 is 16.0 Å². The molecule has 0 atom stereocenters. The van der Waals surface area contributed by atoms with Gasteiger partial charge in [0.05, 0.1) is 17.6 Å². The number of ether oxygens (including phenoxy) is 1. The summed E-state index contributed by atoms with van der Waals surface area (Å²) >= 11 is 0. The van der Waals surface area contributed by atoms with Crippen LogP contribution in [0.5, 0.6) is 0 Å². The van der Waals surface area contributed by atoms with Gasteiger partial charge >= 0.3 is 5.97 Å². The van der Waals surface area contributed by atoms with E-state index in [0.29, 0.717) is 5.56 Å². The van der Waals surface area contributed by atoms with Gasteiger partial charge in [0.1, 0.15) is 5.82 Å². The predicted molar refractivity (Wildman–Crippen MR) is 83.1 cm³/mol. The smallest absolute Gasteiger partial charge is 0.337 e.